The average molecular weight is 317 g/mol. The van der Waals surface area contributed by atoms with Crippen molar-refractivity contribution < 1.29 is 14.3 Å². The van der Waals surface area contributed by atoms with Crippen molar-refractivity contribution in [3.05, 3.63) is 34.8 Å². The number of nitrogens with zero attached hydrogens (tertiary/aromatic N) is 1. The van der Waals surface area contributed by atoms with Crippen LogP contribution in [0.15, 0.2) is 23.6 Å². The second kappa shape index (κ2) is 6.15. The number of carbonyl (C=O) groups is 2. The third-order valence-electron chi connectivity index (χ3n) is 3.22. The van der Waals surface area contributed by atoms with Crippen LogP contribution in [0.5, 0.6) is 5.75 Å². The fourth-order valence-corrected chi connectivity index (χ4v) is 2.91. The molecule has 0 fully saturated rings. The molecule has 2 heterocycles. The minimum absolute atomic E-state index is 0.0359. The molecule has 2 N–H and O–H groups in total. The van der Waals surface area contributed by atoms with Crippen LogP contribution in [-0.4, -0.2) is 23.4 Å². The Bertz CT molecular complexity index is 727. The van der Waals surface area contributed by atoms with E-state index in [1.54, 1.807) is 6.07 Å². The number of aromatic nitrogens is 1. The molecule has 0 saturated carbocycles. The summed E-state index contributed by atoms with van der Waals surface area (Å²) >= 11 is 1.37. The highest BCUT2D eigenvalue weighted by molar-refractivity contribution is 7.13. The van der Waals surface area contributed by atoms with Gasteiger partial charge in [-0.3, -0.25) is 14.9 Å². The first-order chi connectivity index (χ1) is 10.6. The van der Waals surface area contributed by atoms with Crippen LogP contribution in [0, 0.1) is 6.92 Å². The molecular formula is C15H15N3O3S. The van der Waals surface area contributed by atoms with E-state index in [0.29, 0.717) is 29.4 Å². The van der Waals surface area contributed by atoms with Crippen LogP contribution < -0.4 is 15.4 Å². The summed E-state index contributed by atoms with van der Waals surface area (Å²) in [5.74, 6) is 0.191. The molecule has 1 aliphatic heterocycles. The summed E-state index contributed by atoms with van der Waals surface area (Å²) in [6, 6.07) is 5.54. The summed E-state index contributed by atoms with van der Waals surface area (Å²) < 4.78 is 5.54. The molecule has 0 aliphatic carbocycles. The summed E-state index contributed by atoms with van der Waals surface area (Å²) in [6.45, 7) is 1.73. The number of aryl methyl sites for hydroxylation is 2. The van der Waals surface area contributed by atoms with E-state index >= 15 is 0 Å². The minimum atomic E-state index is -0.283. The fraction of sp³-hybridized carbons (Fsp3) is 0.267. The molecule has 6 nitrogen and oxygen atoms in total. The van der Waals surface area contributed by atoms with Crippen molar-refractivity contribution in [1.29, 1.82) is 0 Å². The molecule has 22 heavy (non-hydrogen) atoms. The molecule has 3 rings (SSSR count). The Morgan fingerprint density at radius 2 is 2.32 bits per heavy atom. The Kier molecular flexibility index (Phi) is 4.06. The molecule has 1 aromatic heterocycles. The summed E-state index contributed by atoms with van der Waals surface area (Å²) in [5, 5.41) is 7.89. The summed E-state index contributed by atoms with van der Waals surface area (Å²) in [4.78, 5) is 27.5. The van der Waals surface area contributed by atoms with Gasteiger partial charge in [-0.15, -0.1) is 11.3 Å². The summed E-state index contributed by atoms with van der Waals surface area (Å²) in [5.41, 5.74) is 2.55. The Balaban J connectivity index is 1.64. The number of rotatable bonds is 4. The maximum absolute atomic E-state index is 11.9. The van der Waals surface area contributed by atoms with Gasteiger partial charge in [-0.2, -0.15) is 0 Å². The van der Waals surface area contributed by atoms with Gasteiger partial charge in [-0.05, 0) is 25.0 Å². The molecule has 0 unspecified atom stereocenters. The van der Waals surface area contributed by atoms with Crippen LogP contribution in [0.2, 0.25) is 0 Å². The first kappa shape index (κ1) is 14.5. The maximum Gasteiger partial charge on any atom is 0.264 e. The molecule has 1 aliphatic rings. The number of ether oxygens (including phenoxy) is 1. The van der Waals surface area contributed by atoms with E-state index in [-0.39, 0.29) is 18.4 Å². The first-order valence-corrected chi connectivity index (χ1v) is 7.76. The van der Waals surface area contributed by atoms with Crippen molar-refractivity contribution in [3.63, 3.8) is 0 Å². The van der Waals surface area contributed by atoms with E-state index in [1.807, 2.05) is 24.4 Å². The van der Waals surface area contributed by atoms with Crippen molar-refractivity contribution in [1.82, 2.24) is 4.98 Å². The summed E-state index contributed by atoms with van der Waals surface area (Å²) in [6.07, 6.45) is 1.16. The number of benzene rings is 1. The van der Waals surface area contributed by atoms with E-state index in [2.05, 4.69) is 15.6 Å². The third-order valence-corrected chi connectivity index (χ3v) is 4.10. The smallest absolute Gasteiger partial charge is 0.264 e. The number of nitrogens with one attached hydrogen (secondary N) is 2. The van der Waals surface area contributed by atoms with Gasteiger partial charge in [0, 0.05) is 11.8 Å². The van der Waals surface area contributed by atoms with Crippen molar-refractivity contribution in [2.45, 2.75) is 19.8 Å². The van der Waals surface area contributed by atoms with Crippen LogP contribution in [0.4, 0.5) is 10.8 Å². The van der Waals surface area contributed by atoms with Crippen molar-refractivity contribution in [2.75, 3.05) is 17.2 Å². The molecular weight excluding hydrogens is 302 g/mol. The van der Waals surface area contributed by atoms with Gasteiger partial charge in [-0.25, -0.2) is 4.98 Å². The zero-order valence-electron chi connectivity index (χ0n) is 12.0. The molecule has 0 atom stereocenters. The van der Waals surface area contributed by atoms with Crippen LogP contribution in [0.1, 0.15) is 17.7 Å². The number of carbonyl (C=O) groups excluding carboxylic acids is 2. The van der Waals surface area contributed by atoms with Gasteiger partial charge in [0.1, 0.15) is 5.75 Å². The zero-order valence-corrected chi connectivity index (χ0v) is 12.8. The lowest BCUT2D eigenvalue weighted by Gasteiger charge is -2.19. The van der Waals surface area contributed by atoms with Crippen LogP contribution in [-0.2, 0) is 16.0 Å². The van der Waals surface area contributed by atoms with Crippen LogP contribution >= 0.6 is 11.3 Å². The van der Waals surface area contributed by atoms with E-state index in [1.165, 1.54) is 11.3 Å². The Morgan fingerprint density at radius 3 is 3.09 bits per heavy atom. The van der Waals surface area contributed by atoms with Crippen molar-refractivity contribution in [3.8, 4) is 5.75 Å². The largest absolute Gasteiger partial charge is 0.482 e. The molecule has 114 valence electrons. The molecule has 1 aromatic carbocycles. The van der Waals surface area contributed by atoms with Gasteiger partial charge < -0.3 is 10.1 Å². The van der Waals surface area contributed by atoms with E-state index in [9.17, 15) is 9.59 Å². The lowest BCUT2D eigenvalue weighted by atomic mass is 10.0. The highest BCUT2D eigenvalue weighted by Crippen LogP contribution is 2.32. The number of para-hydroxylation sites is 1. The van der Waals surface area contributed by atoms with Gasteiger partial charge in [0.25, 0.3) is 5.91 Å². The summed E-state index contributed by atoms with van der Waals surface area (Å²) in [7, 11) is 0. The SMILES string of the molecule is Cc1csc(NC(=O)COc2cccc3c2NC(=O)CC3)n1. The first-order valence-electron chi connectivity index (χ1n) is 6.88. The van der Waals surface area contributed by atoms with Gasteiger partial charge in [0.05, 0.1) is 11.4 Å². The normalized spacial score (nSPS) is 13.2. The van der Waals surface area contributed by atoms with E-state index in [4.69, 9.17) is 4.74 Å². The number of hydrogen-bond acceptors (Lipinski definition) is 5. The molecule has 0 saturated heterocycles. The van der Waals surface area contributed by atoms with Crippen LogP contribution in [0.25, 0.3) is 0 Å². The third kappa shape index (κ3) is 3.25. The molecule has 2 aromatic rings. The van der Waals surface area contributed by atoms with Gasteiger partial charge in [0.2, 0.25) is 5.91 Å². The Labute approximate surface area is 131 Å². The molecule has 0 radical (unpaired) electrons. The van der Waals surface area contributed by atoms with Gasteiger partial charge in [0.15, 0.2) is 11.7 Å². The Morgan fingerprint density at radius 1 is 1.45 bits per heavy atom. The zero-order chi connectivity index (χ0) is 15.5. The highest BCUT2D eigenvalue weighted by Gasteiger charge is 2.19. The standard InChI is InChI=1S/C15H15N3O3S/c1-9-8-22-15(16-9)18-13(20)7-21-11-4-2-3-10-5-6-12(19)17-14(10)11/h2-4,8H,5-7H2,1H3,(H,17,19)(H,16,18,20). The van der Waals surface area contributed by atoms with Crippen LogP contribution in [0.3, 0.4) is 0 Å². The van der Waals surface area contributed by atoms with Gasteiger partial charge in [-0.1, -0.05) is 12.1 Å². The minimum Gasteiger partial charge on any atom is -0.482 e. The molecule has 2 amide bonds. The number of anilines is 2. The quantitative estimate of drug-likeness (QED) is 0.907. The lowest BCUT2D eigenvalue weighted by Crippen LogP contribution is -2.23. The number of thiazole rings is 1. The molecule has 0 spiro atoms. The van der Waals surface area contributed by atoms with E-state index in [0.717, 1.165) is 11.3 Å². The lowest BCUT2D eigenvalue weighted by molar-refractivity contribution is -0.118. The monoisotopic (exact) mass is 317 g/mol. The van der Waals surface area contributed by atoms with Crippen molar-refractivity contribution in [2.24, 2.45) is 0 Å². The second-order valence-electron chi connectivity index (χ2n) is 4.97. The molecule has 7 heteroatoms. The van der Waals surface area contributed by atoms with E-state index < -0.39 is 0 Å². The number of amides is 2. The fourth-order valence-electron chi connectivity index (χ4n) is 2.21. The highest BCUT2D eigenvalue weighted by atomic mass is 32.1. The number of fused-ring (bicyclic) bond motifs is 1. The topological polar surface area (TPSA) is 80.3 Å². The van der Waals surface area contributed by atoms with Crippen molar-refractivity contribution >= 4 is 34.0 Å². The molecule has 0 bridgehead atoms. The maximum atomic E-state index is 11.9. The number of hydrogen-bond donors (Lipinski definition) is 2. The predicted octanol–water partition coefficient (Wildman–Crippen LogP) is 2.35. The predicted molar refractivity (Wildman–Crippen MR) is 84.4 cm³/mol. The average Bonchev–Trinajstić information content (AvgIpc) is 2.90. The van der Waals surface area contributed by atoms with Gasteiger partial charge >= 0.3 is 0 Å². The second-order valence-corrected chi connectivity index (χ2v) is 5.83. The Hall–Kier alpha value is -2.41.